The zero-order valence-electron chi connectivity index (χ0n) is 9.36. The van der Waals surface area contributed by atoms with E-state index in [-0.39, 0.29) is 12.3 Å². The summed E-state index contributed by atoms with van der Waals surface area (Å²) < 4.78 is 0.864. The molecule has 3 nitrogen and oxygen atoms in total. The molecule has 0 fully saturated rings. The van der Waals surface area contributed by atoms with Crippen LogP contribution in [0.1, 0.15) is 5.56 Å². The van der Waals surface area contributed by atoms with Crippen LogP contribution in [0.5, 0.6) is 0 Å². The highest BCUT2D eigenvalue weighted by atomic mass is 79.9. The molecule has 1 N–H and O–H groups in total. The molecule has 0 aliphatic rings. The molecule has 0 saturated heterocycles. The minimum Gasteiger partial charge on any atom is -0.324 e. The average Bonchev–Trinajstić information content (AvgIpc) is 2.35. The van der Waals surface area contributed by atoms with E-state index in [0.29, 0.717) is 10.7 Å². The summed E-state index contributed by atoms with van der Waals surface area (Å²) in [7, 11) is 0. The van der Waals surface area contributed by atoms with Crippen molar-refractivity contribution in [2.24, 2.45) is 0 Å². The molecule has 1 amide bonds. The van der Waals surface area contributed by atoms with Gasteiger partial charge < -0.3 is 5.32 Å². The minimum absolute atomic E-state index is 0.122. The molecule has 5 heteroatoms. The van der Waals surface area contributed by atoms with Gasteiger partial charge in [0.25, 0.3) is 0 Å². The fourth-order valence-corrected chi connectivity index (χ4v) is 2.00. The maximum atomic E-state index is 11.8. The lowest BCUT2D eigenvalue weighted by molar-refractivity contribution is -0.115. The number of halogens is 2. The van der Waals surface area contributed by atoms with Crippen molar-refractivity contribution in [3.63, 3.8) is 0 Å². The molecule has 2 aromatic rings. The number of hydrogen-bond acceptors (Lipinski definition) is 2. The maximum absolute atomic E-state index is 11.8. The summed E-state index contributed by atoms with van der Waals surface area (Å²) in [6.07, 6.45) is 3.62. The summed E-state index contributed by atoms with van der Waals surface area (Å²) in [6.45, 7) is 0. The van der Waals surface area contributed by atoms with Gasteiger partial charge in [-0.2, -0.15) is 0 Å². The van der Waals surface area contributed by atoms with E-state index in [2.05, 4.69) is 26.2 Å². The predicted molar refractivity (Wildman–Crippen MR) is 75.7 cm³/mol. The van der Waals surface area contributed by atoms with E-state index >= 15 is 0 Å². The lowest BCUT2D eigenvalue weighted by Crippen LogP contribution is -2.14. The number of carbonyl (C=O) groups is 1. The van der Waals surface area contributed by atoms with E-state index in [1.807, 2.05) is 12.1 Å². The molecule has 1 aromatic carbocycles. The summed E-state index contributed by atoms with van der Waals surface area (Å²) in [4.78, 5) is 15.8. The summed E-state index contributed by atoms with van der Waals surface area (Å²) in [5, 5.41) is 3.28. The van der Waals surface area contributed by atoms with Crippen molar-refractivity contribution in [2.75, 3.05) is 5.32 Å². The van der Waals surface area contributed by atoms with Gasteiger partial charge in [-0.15, -0.1) is 0 Å². The number of amides is 1. The molecule has 1 heterocycles. The Hall–Kier alpha value is -1.39. The summed E-state index contributed by atoms with van der Waals surface area (Å²) in [5.41, 5.74) is 1.46. The van der Waals surface area contributed by atoms with Crippen LogP contribution in [0.4, 0.5) is 5.69 Å². The van der Waals surface area contributed by atoms with Crippen LogP contribution < -0.4 is 5.32 Å². The molecule has 0 atom stereocenters. The number of hydrogen-bond donors (Lipinski definition) is 1. The Kier molecular flexibility index (Phi) is 4.33. The van der Waals surface area contributed by atoms with Gasteiger partial charge in [-0.3, -0.25) is 9.78 Å². The first-order valence-electron chi connectivity index (χ1n) is 5.29. The monoisotopic (exact) mass is 324 g/mol. The Morgan fingerprint density at radius 3 is 2.94 bits per heavy atom. The maximum Gasteiger partial charge on any atom is 0.228 e. The van der Waals surface area contributed by atoms with Gasteiger partial charge in [0.05, 0.1) is 17.1 Å². The standard InChI is InChI=1S/C13H10BrClN2O/c14-10-3-4-11(15)12(7-10)17-13(18)6-9-2-1-5-16-8-9/h1-5,7-8H,6H2,(H,17,18). The van der Waals surface area contributed by atoms with Crippen molar-refractivity contribution in [1.82, 2.24) is 4.98 Å². The molecular weight excluding hydrogens is 316 g/mol. The molecule has 1 aromatic heterocycles. The van der Waals surface area contributed by atoms with E-state index in [9.17, 15) is 4.79 Å². The van der Waals surface area contributed by atoms with Crippen LogP contribution in [0, 0.1) is 0 Å². The van der Waals surface area contributed by atoms with Crippen LogP contribution in [0.25, 0.3) is 0 Å². The van der Waals surface area contributed by atoms with Gasteiger partial charge in [0.15, 0.2) is 0 Å². The van der Waals surface area contributed by atoms with Crippen molar-refractivity contribution in [1.29, 1.82) is 0 Å². The highest BCUT2D eigenvalue weighted by Gasteiger charge is 2.07. The third-order valence-electron chi connectivity index (χ3n) is 2.29. The summed E-state index contributed by atoms with van der Waals surface area (Å²) in [6, 6.07) is 8.97. The van der Waals surface area contributed by atoms with E-state index in [1.165, 1.54) is 0 Å². The number of aromatic nitrogens is 1. The van der Waals surface area contributed by atoms with Gasteiger partial charge in [0, 0.05) is 16.9 Å². The SMILES string of the molecule is O=C(Cc1cccnc1)Nc1cc(Br)ccc1Cl. The number of carbonyl (C=O) groups excluding carboxylic acids is 1. The molecule has 2 rings (SSSR count). The molecular formula is C13H10BrClN2O. The second kappa shape index (κ2) is 5.98. The zero-order chi connectivity index (χ0) is 13.0. The Balaban J connectivity index is 2.05. The van der Waals surface area contributed by atoms with E-state index < -0.39 is 0 Å². The molecule has 0 aliphatic carbocycles. The quantitative estimate of drug-likeness (QED) is 0.935. The number of benzene rings is 1. The molecule has 0 spiro atoms. The Bertz CT molecular complexity index is 560. The van der Waals surface area contributed by atoms with Crippen LogP contribution in [0.2, 0.25) is 5.02 Å². The van der Waals surface area contributed by atoms with Crippen molar-refractivity contribution in [2.45, 2.75) is 6.42 Å². The smallest absolute Gasteiger partial charge is 0.228 e. The van der Waals surface area contributed by atoms with Crippen LogP contribution in [-0.2, 0) is 11.2 Å². The van der Waals surface area contributed by atoms with E-state index in [4.69, 9.17) is 11.6 Å². The minimum atomic E-state index is -0.122. The topological polar surface area (TPSA) is 42.0 Å². The van der Waals surface area contributed by atoms with Gasteiger partial charge in [-0.1, -0.05) is 33.6 Å². The van der Waals surface area contributed by atoms with Crippen molar-refractivity contribution >= 4 is 39.1 Å². The highest BCUT2D eigenvalue weighted by Crippen LogP contribution is 2.25. The fraction of sp³-hybridized carbons (Fsp3) is 0.0769. The highest BCUT2D eigenvalue weighted by molar-refractivity contribution is 9.10. The number of rotatable bonds is 3. The number of nitrogens with one attached hydrogen (secondary N) is 1. The Morgan fingerprint density at radius 1 is 1.39 bits per heavy atom. The Labute approximate surface area is 118 Å². The van der Waals surface area contributed by atoms with E-state index in [0.717, 1.165) is 10.0 Å². The molecule has 0 bridgehead atoms. The van der Waals surface area contributed by atoms with E-state index in [1.54, 1.807) is 30.6 Å². The molecule has 0 saturated carbocycles. The average molecular weight is 326 g/mol. The first-order chi connectivity index (χ1) is 8.65. The zero-order valence-corrected chi connectivity index (χ0v) is 11.7. The molecule has 0 unspecified atom stereocenters. The molecule has 0 radical (unpaired) electrons. The van der Waals surface area contributed by atoms with Crippen molar-refractivity contribution in [3.05, 3.63) is 57.8 Å². The number of anilines is 1. The summed E-state index contributed by atoms with van der Waals surface area (Å²) in [5.74, 6) is -0.122. The molecule has 92 valence electrons. The summed E-state index contributed by atoms with van der Waals surface area (Å²) >= 11 is 9.33. The van der Waals surface area contributed by atoms with Gasteiger partial charge >= 0.3 is 0 Å². The predicted octanol–water partition coefficient (Wildman–Crippen LogP) is 3.68. The molecule has 0 aliphatic heterocycles. The van der Waals surface area contributed by atoms with Crippen LogP contribution in [0.15, 0.2) is 47.2 Å². The first-order valence-corrected chi connectivity index (χ1v) is 6.46. The van der Waals surface area contributed by atoms with Crippen LogP contribution in [-0.4, -0.2) is 10.9 Å². The number of pyridine rings is 1. The second-order valence-corrected chi connectivity index (χ2v) is 5.03. The van der Waals surface area contributed by atoms with Crippen molar-refractivity contribution in [3.8, 4) is 0 Å². The fourth-order valence-electron chi connectivity index (χ4n) is 1.48. The van der Waals surface area contributed by atoms with Gasteiger partial charge in [0.2, 0.25) is 5.91 Å². The number of nitrogens with zero attached hydrogens (tertiary/aromatic N) is 1. The lowest BCUT2D eigenvalue weighted by atomic mass is 10.2. The van der Waals surface area contributed by atoms with Crippen molar-refractivity contribution < 1.29 is 4.79 Å². The largest absolute Gasteiger partial charge is 0.324 e. The lowest BCUT2D eigenvalue weighted by Gasteiger charge is -2.07. The Morgan fingerprint density at radius 2 is 2.22 bits per heavy atom. The molecule has 18 heavy (non-hydrogen) atoms. The van der Waals surface area contributed by atoms with Gasteiger partial charge in [-0.05, 0) is 29.8 Å². The normalized spacial score (nSPS) is 10.1. The van der Waals surface area contributed by atoms with Crippen LogP contribution in [0.3, 0.4) is 0 Å². The van der Waals surface area contributed by atoms with Crippen LogP contribution >= 0.6 is 27.5 Å². The van der Waals surface area contributed by atoms with Gasteiger partial charge in [0.1, 0.15) is 0 Å². The van der Waals surface area contributed by atoms with Gasteiger partial charge in [-0.25, -0.2) is 0 Å². The third-order valence-corrected chi connectivity index (χ3v) is 3.11. The second-order valence-electron chi connectivity index (χ2n) is 3.71. The third kappa shape index (κ3) is 3.55. The first kappa shape index (κ1) is 13.1.